The number of oxime groups is 1. The van der Waals surface area contributed by atoms with E-state index in [-0.39, 0.29) is 27.6 Å². The zero-order valence-corrected chi connectivity index (χ0v) is 12.0. The van der Waals surface area contributed by atoms with E-state index in [0.717, 1.165) is 0 Å². The number of amidine groups is 1. The Balaban J connectivity index is 2.35. The van der Waals surface area contributed by atoms with Gasteiger partial charge in [0, 0.05) is 23.9 Å². The lowest BCUT2D eigenvalue weighted by Gasteiger charge is -2.07. The number of pyridine rings is 1. The summed E-state index contributed by atoms with van der Waals surface area (Å²) in [5.74, 6) is 0.286. The molecule has 9 heteroatoms. The lowest BCUT2D eigenvalue weighted by molar-refractivity contribution is -0.385. The average molecular weight is 353 g/mol. The highest BCUT2D eigenvalue weighted by atomic mass is 79.9. The molecule has 0 bridgehead atoms. The second-order valence-corrected chi connectivity index (χ2v) is 4.61. The molecule has 0 aliphatic heterocycles. The minimum absolute atomic E-state index is 0.0969. The van der Waals surface area contributed by atoms with Gasteiger partial charge in [0.1, 0.15) is 4.47 Å². The fraction of sp³-hybridized carbons (Fsp3) is 0. The first-order valence-electron chi connectivity index (χ1n) is 5.57. The predicted molar refractivity (Wildman–Crippen MR) is 77.6 cm³/mol. The van der Waals surface area contributed by atoms with E-state index in [1.807, 2.05) is 0 Å². The van der Waals surface area contributed by atoms with Gasteiger partial charge >= 0.3 is 0 Å². The molecule has 108 valence electrons. The van der Waals surface area contributed by atoms with Gasteiger partial charge in [0.15, 0.2) is 11.6 Å². The summed E-state index contributed by atoms with van der Waals surface area (Å²) in [6, 6.07) is 7.36. The van der Waals surface area contributed by atoms with E-state index >= 15 is 0 Å². The van der Waals surface area contributed by atoms with Gasteiger partial charge in [0.2, 0.25) is 5.88 Å². The summed E-state index contributed by atoms with van der Waals surface area (Å²) >= 11 is 3.12. The van der Waals surface area contributed by atoms with E-state index in [9.17, 15) is 10.1 Å². The number of hydrogen-bond acceptors (Lipinski definition) is 6. The van der Waals surface area contributed by atoms with Crippen molar-refractivity contribution in [3.63, 3.8) is 0 Å². The van der Waals surface area contributed by atoms with Gasteiger partial charge in [-0.15, -0.1) is 0 Å². The van der Waals surface area contributed by atoms with Crippen molar-refractivity contribution in [1.82, 2.24) is 4.98 Å². The Morgan fingerprint density at radius 3 is 2.90 bits per heavy atom. The average Bonchev–Trinajstić information content (AvgIpc) is 2.48. The van der Waals surface area contributed by atoms with Gasteiger partial charge in [-0.1, -0.05) is 11.2 Å². The Morgan fingerprint density at radius 1 is 1.48 bits per heavy atom. The lowest BCUT2D eigenvalue weighted by atomic mass is 10.2. The SMILES string of the molecule is N/C(=N/O)c1ccnc(Oc2cccc([N+](=O)[O-])c2Br)c1. The van der Waals surface area contributed by atoms with Crippen molar-refractivity contribution in [2.24, 2.45) is 10.9 Å². The summed E-state index contributed by atoms with van der Waals surface area (Å²) in [5, 5.41) is 22.4. The highest BCUT2D eigenvalue weighted by Gasteiger charge is 2.16. The lowest BCUT2D eigenvalue weighted by Crippen LogP contribution is -2.13. The van der Waals surface area contributed by atoms with Crippen molar-refractivity contribution < 1.29 is 14.9 Å². The van der Waals surface area contributed by atoms with Gasteiger partial charge in [-0.2, -0.15) is 0 Å². The number of nitro benzene ring substituents is 1. The minimum atomic E-state index is -0.531. The molecule has 0 radical (unpaired) electrons. The molecule has 0 fully saturated rings. The normalized spacial score (nSPS) is 11.2. The summed E-state index contributed by atoms with van der Waals surface area (Å²) in [6.45, 7) is 0. The molecule has 3 N–H and O–H groups in total. The van der Waals surface area contributed by atoms with Crippen molar-refractivity contribution in [2.75, 3.05) is 0 Å². The van der Waals surface area contributed by atoms with Crippen molar-refractivity contribution in [3.8, 4) is 11.6 Å². The molecule has 0 saturated carbocycles. The Bertz CT molecular complexity index is 720. The third-order valence-electron chi connectivity index (χ3n) is 2.49. The maximum atomic E-state index is 10.9. The molecule has 1 aromatic carbocycles. The summed E-state index contributed by atoms with van der Waals surface area (Å²) in [7, 11) is 0. The second kappa shape index (κ2) is 6.18. The summed E-state index contributed by atoms with van der Waals surface area (Å²) in [5.41, 5.74) is 5.75. The zero-order valence-electron chi connectivity index (χ0n) is 10.4. The first-order valence-corrected chi connectivity index (χ1v) is 6.37. The van der Waals surface area contributed by atoms with Crippen molar-refractivity contribution >= 4 is 27.5 Å². The van der Waals surface area contributed by atoms with E-state index in [1.165, 1.54) is 30.5 Å². The highest BCUT2D eigenvalue weighted by molar-refractivity contribution is 9.10. The first-order chi connectivity index (χ1) is 10.0. The molecule has 0 spiro atoms. The molecule has 0 atom stereocenters. The Kier molecular flexibility index (Phi) is 4.33. The monoisotopic (exact) mass is 352 g/mol. The fourth-order valence-corrected chi connectivity index (χ4v) is 2.00. The van der Waals surface area contributed by atoms with Crippen LogP contribution in [0.15, 0.2) is 46.2 Å². The van der Waals surface area contributed by atoms with E-state index in [4.69, 9.17) is 15.7 Å². The van der Waals surface area contributed by atoms with Crippen LogP contribution in [0.5, 0.6) is 11.6 Å². The first kappa shape index (κ1) is 14.7. The summed E-state index contributed by atoms with van der Waals surface area (Å²) < 4.78 is 5.68. The van der Waals surface area contributed by atoms with E-state index in [1.54, 1.807) is 6.07 Å². The Morgan fingerprint density at radius 2 is 2.24 bits per heavy atom. The number of ether oxygens (including phenoxy) is 1. The summed E-state index contributed by atoms with van der Waals surface area (Å²) in [4.78, 5) is 14.3. The van der Waals surface area contributed by atoms with Crippen LogP contribution in [0, 0.1) is 10.1 Å². The van der Waals surface area contributed by atoms with Crippen molar-refractivity contribution in [1.29, 1.82) is 0 Å². The number of nitrogens with zero attached hydrogens (tertiary/aromatic N) is 3. The third-order valence-corrected chi connectivity index (χ3v) is 3.29. The molecule has 0 aliphatic rings. The number of hydrogen-bond donors (Lipinski definition) is 2. The maximum absolute atomic E-state index is 10.9. The molecule has 2 rings (SSSR count). The van der Waals surface area contributed by atoms with Crippen LogP contribution in [-0.4, -0.2) is 21.0 Å². The molecule has 0 unspecified atom stereocenters. The van der Waals surface area contributed by atoms with Crippen LogP contribution >= 0.6 is 15.9 Å². The molecular formula is C12H9BrN4O4. The second-order valence-electron chi connectivity index (χ2n) is 3.82. The molecule has 1 aromatic heterocycles. The standard InChI is InChI=1S/C12H9BrN4O4/c13-11-8(17(19)20)2-1-3-9(11)21-10-6-7(4-5-15-10)12(14)16-18/h1-6,18H,(H2,14,16). The molecule has 0 aliphatic carbocycles. The topological polar surface area (TPSA) is 124 Å². The molecule has 8 nitrogen and oxygen atoms in total. The molecule has 0 amide bonds. The highest BCUT2D eigenvalue weighted by Crippen LogP contribution is 2.35. The minimum Gasteiger partial charge on any atom is -0.438 e. The number of rotatable bonds is 4. The van der Waals surface area contributed by atoms with Crippen LogP contribution in [0.25, 0.3) is 0 Å². The molecule has 1 heterocycles. The van der Waals surface area contributed by atoms with Crippen LogP contribution in [0.1, 0.15) is 5.56 Å². The van der Waals surface area contributed by atoms with E-state index in [2.05, 4.69) is 26.1 Å². The largest absolute Gasteiger partial charge is 0.438 e. The van der Waals surface area contributed by atoms with Gasteiger partial charge in [0.25, 0.3) is 5.69 Å². The predicted octanol–water partition coefficient (Wildman–Crippen LogP) is 2.64. The van der Waals surface area contributed by atoms with Gasteiger partial charge < -0.3 is 15.7 Å². The zero-order chi connectivity index (χ0) is 15.4. The van der Waals surface area contributed by atoms with Crippen molar-refractivity contribution in [2.45, 2.75) is 0 Å². The number of nitrogens with two attached hydrogens (primary N) is 1. The van der Waals surface area contributed by atoms with Crippen LogP contribution in [-0.2, 0) is 0 Å². The number of aromatic nitrogens is 1. The van der Waals surface area contributed by atoms with Gasteiger partial charge in [0.05, 0.1) is 4.92 Å². The quantitative estimate of drug-likeness (QED) is 0.286. The van der Waals surface area contributed by atoms with Gasteiger partial charge in [-0.25, -0.2) is 4.98 Å². The van der Waals surface area contributed by atoms with Crippen LogP contribution in [0.2, 0.25) is 0 Å². The van der Waals surface area contributed by atoms with Crippen molar-refractivity contribution in [3.05, 3.63) is 56.7 Å². The van der Waals surface area contributed by atoms with Crippen LogP contribution < -0.4 is 10.5 Å². The van der Waals surface area contributed by atoms with E-state index < -0.39 is 4.92 Å². The summed E-state index contributed by atoms with van der Waals surface area (Å²) in [6.07, 6.45) is 1.41. The van der Waals surface area contributed by atoms with Crippen LogP contribution in [0.4, 0.5) is 5.69 Å². The number of benzene rings is 1. The molecular weight excluding hydrogens is 344 g/mol. The maximum Gasteiger partial charge on any atom is 0.287 e. The van der Waals surface area contributed by atoms with Crippen LogP contribution in [0.3, 0.4) is 0 Å². The van der Waals surface area contributed by atoms with E-state index in [0.29, 0.717) is 5.56 Å². The fourth-order valence-electron chi connectivity index (χ4n) is 1.51. The number of halogens is 1. The van der Waals surface area contributed by atoms with Gasteiger partial charge in [-0.05, 0) is 28.1 Å². The Hall–Kier alpha value is -2.68. The smallest absolute Gasteiger partial charge is 0.287 e. The molecule has 2 aromatic rings. The third kappa shape index (κ3) is 3.26. The van der Waals surface area contributed by atoms with Gasteiger partial charge in [-0.3, -0.25) is 10.1 Å². The molecule has 0 saturated heterocycles. The Labute approximate surface area is 127 Å². The number of nitro groups is 1. The molecule has 21 heavy (non-hydrogen) atoms.